The molecule has 0 radical (unpaired) electrons. The number of rotatable bonds is 6. The van der Waals surface area contributed by atoms with Crippen LogP contribution in [0.25, 0.3) is 0 Å². The number of nitrogens with zero attached hydrogens (tertiary/aromatic N) is 5. The second-order valence-electron chi connectivity index (χ2n) is 7.60. The summed E-state index contributed by atoms with van der Waals surface area (Å²) in [4.78, 5) is 35.8. The molecule has 0 N–H and O–H groups in total. The molecule has 1 aliphatic rings. The van der Waals surface area contributed by atoms with Gasteiger partial charge in [0.2, 0.25) is 5.88 Å². The number of hydrogen-bond acceptors (Lipinski definition) is 8. The molecule has 1 aliphatic heterocycles. The van der Waals surface area contributed by atoms with Gasteiger partial charge in [0.05, 0.1) is 12.0 Å². The van der Waals surface area contributed by atoms with E-state index in [0.29, 0.717) is 48.4 Å². The summed E-state index contributed by atoms with van der Waals surface area (Å²) in [5.41, 5.74) is 0.206. The van der Waals surface area contributed by atoms with Crippen LogP contribution in [0, 0.1) is 10.1 Å². The average Bonchev–Trinajstić information content (AvgIpc) is 2.84. The Morgan fingerprint density at radius 3 is 2.64 bits per heavy atom. The summed E-state index contributed by atoms with van der Waals surface area (Å²) in [6.45, 7) is 3.51. The van der Waals surface area contributed by atoms with Gasteiger partial charge < -0.3 is 19.3 Å². The average molecular weight is 449 g/mol. The third kappa shape index (κ3) is 5.00. The second kappa shape index (κ2) is 9.51. The van der Waals surface area contributed by atoms with Crippen molar-refractivity contribution in [3.63, 3.8) is 0 Å². The molecule has 3 aromatic rings. The van der Waals surface area contributed by atoms with E-state index >= 15 is 0 Å². The number of nitro benzene ring substituents is 1. The van der Waals surface area contributed by atoms with Gasteiger partial charge in [-0.2, -0.15) is 0 Å². The fourth-order valence-electron chi connectivity index (χ4n) is 3.73. The van der Waals surface area contributed by atoms with Crippen molar-refractivity contribution in [3.05, 3.63) is 76.6 Å². The lowest BCUT2D eigenvalue weighted by atomic mass is 10.1. The van der Waals surface area contributed by atoms with Crippen LogP contribution in [0.5, 0.6) is 17.4 Å². The maximum absolute atomic E-state index is 13.0. The summed E-state index contributed by atoms with van der Waals surface area (Å²) in [6, 6.07) is 14.7. The maximum Gasteiger partial charge on any atom is 0.270 e. The van der Waals surface area contributed by atoms with Crippen LogP contribution in [0.2, 0.25) is 0 Å². The molecule has 4 rings (SSSR count). The zero-order chi connectivity index (χ0) is 23.4. The number of nitro groups is 1. The van der Waals surface area contributed by atoms with E-state index in [4.69, 9.17) is 9.47 Å². The third-order valence-corrected chi connectivity index (χ3v) is 5.41. The SMILES string of the molecule is COc1cccc(Oc2cc(N3CCN(C(=O)c4cccc([N+](=O)[O-])c4)[C@H](C)C3)ncn2)c1. The first-order valence-electron chi connectivity index (χ1n) is 10.4. The number of ether oxygens (including phenoxy) is 2. The summed E-state index contributed by atoms with van der Waals surface area (Å²) in [7, 11) is 1.59. The van der Waals surface area contributed by atoms with E-state index in [9.17, 15) is 14.9 Å². The minimum atomic E-state index is -0.502. The highest BCUT2D eigenvalue weighted by molar-refractivity contribution is 5.95. The van der Waals surface area contributed by atoms with Crippen molar-refractivity contribution in [2.75, 3.05) is 31.6 Å². The number of piperazine rings is 1. The molecule has 170 valence electrons. The highest BCUT2D eigenvalue weighted by atomic mass is 16.6. The van der Waals surface area contributed by atoms with Crippen LogP contribution >= 0.6 is 0 Å². The first kappa shape index (κ1) is 22.0. The first-order valence-corrected chi connectivity index (χ1v) is 10.4. The molecule has 0 aliphatic carbocycles. The monoisotopic (exact) mass is 449 g/mol. The summed E-state index contributed by atoms with van der Waals surface area (Å²) in [5, 5.41) is 11.0. The molecule has 0 unspecified atom stereocenters. The Labute approximate surface area is 190 Å². The smallest absolute Gasteiger partial charge is 0.270 e. The molecular weight excluding hydrogens is 426 g/mol. The summed E-state index contributed by atoms with van der Waals surface area (Å²) in [5.74, 6) is 2.14. The van der Waals surface area contributed by atoms with Crippen molar-refractivity contribution in [3.8, 4) is 17.4 Å². The Bertz CT molecular complexity index is 1170. The lowest BCUT2D eigenvalue weighted by Gasteiger charge is -2.40. The number of amides is 1. The van der Waals surface area contributed by atoms with Crippen molar-refractivity contribution in [2.45, 2.75) is 13.0 Å². The molecule has 2 heterocycles. The van der Waals surface area contributed by atoms with Gasteiger partial charge in [-0.1, -0.05) is 12.1 Å². The van der Waals surface area contributed by atoms with Crippen LogP contribution in [-0.2, 0) is 0 Å². The largest absolute Gasteiger partial charge is 0.497 e. The van der Waals surface area contributed by atoms with Crippen LogP contribution in [0.3, 0.4) is 0 Å². The van der Waals surface area contributed by atoms with Gasteiger partial charge in [-0.15, -0.1) is 0 Å². The molecule has 1 saturated heterocycles. The molecule has 1 amide bonds. The van der Waals surface area contributed by atoms with Gasteiger partial charge in [0.1, 0.15) is 23.6 Å². The lowest BCUT2D eigenvalue weighted by molar-refractivity contribution is -0.384. The van der Waals surface area contributed by atoms with Gasteiger partial charge in [-0.25, -0.2) is 9.97 Å². The summed E-state index contributed by atoms with van der Waals surface area (Å²) >= 11 is 0. The quantitative estimate of drug-likeness (QED) is 0.415. The lowest BCUT2D eigenvalue weighted by Crippen LogP contribution is -2.54. The second-order valence-corrected chi connectivity index (χ2v) is 7.60. The van der Waals surface area contributed by atoms with Crippen LogP contribution in [0.15, 0.2) is 60.9 Å². The van der Waals surface area contributed by atoms with Gasteiger partial charge in [0, 0.05) is 55.5 Å². The number of anilines is 1. The fourth-order valence-corrected chi connectivity index (χ4v) is 3.73. The van der Waals surface area contributed by atoms with E-state index in [0.717, 1.165) is 0 Å². The van der Waals surface area contributed by atoms with Gasteiger partial charge in [0.25, 0.3) is 11.6 Å². The number of non-ortho nitro benzene ring substituents is 1. The fraction of sp³-hybridized carbons (Fsp3) is 0.261. The van der Waals surface area contributed by atoms with Crippen molar-refractivity contribution in [2.24, 2.45) is 0 Å². The number of aromatic nitrogens is 2. The zero-order valence-corrected chi connectivity index (χ0v) is 18.2. The molecule has 0 spiro atoms. The van der Waals surface area contributed by atoms with Crippen LogP contribution in [0.1, 0.15) is 17.3 Å². The summed E-state index contributed by atoms with van der Waals surface area (Å²) < 4.78 is 11.1. The molecule has 1 aromatic heterocycles. The highest BCUT2D eigenvalue weighted by Crippen LogP contribution is 2.27. The minimum absolute atomic E-state index is 0.100. The number of carbonyl (C=O) groups is 1. The van der Waals surface area contributed by atoms with E-state index < -0.39 is 4.92 Å². The summed E-state index contributed by atoms with van der Waals surface area (Å²) in [6.07, 6.45) is 1.44. The normalized spacial score (nSPS) is 15.8. The Balaban J connectivity index is 1.44. The Morgan fingerprint density at radius 1 is 1.09 bits per heavy atom. The number of carbonyl (C=O) groups excluding carboxylic acids is 1. The van der Waals surface area contributed by atoms with E-state index in [-0.39, 0.29) is 17.6 Å². The molecule has 1 atom stereocenters. The molecular formula is C23H23N5O5. The van der Waals surface area contributed by atoms with Crippen molar-refractivity contribution in [1.29, 1.82) is 0 Å². The van der Waals surface area contributed by atoms with E-state index in [1.54, 1.807) is 30.2 Å². The van der Waals surface area contributed by atoms with Crippen molar-refractivity contribution in [1.82, 2.24) is 14.9 Å². The highest BCUT2D eigenvalue weighted by Gasteiger charge is 2.29. The number of methoxy groups -OCH3 is 1. The van der Waals surface area contributed by atoms with E-state index in [1.807, 2.05) is 25.1 Å². The molecule has 1 fully saturated rings. The molecule has 2 aromatic carbocycles. The first-order chi connectivity index (χ1) is 15.9. The predicted octanol–water partition coefficient (Wildman–Crippen LogP) is 3.54. The number of benzene rings is 2. The van der Waals surface area contributed by atoms with Gasteiger partial charge in [-0.3, -0.25) is 14.9 Å². The van der Waals surface area contributed by atoms with E-state index in [2.05, 4.69) is 14.9 Å². The van der Waals surface area contributed by atoms with E-state index in [1.165, 1.54) is 24.5 Å². The Morgan fingerprint density at radius 2 is 1.88 bits per heavy atom. The standard InChI is InChI=1S/C23H23N5O5/c1-16-14-26(9-10-27(16)23(29)17-5-3-6-18(11-17)28(30)31)21-13-22(25-15-24-21)33-20-8-4-7-19(12-20)32-2/h3-8,11-13,15-16H,9-10,14H2,1-2H3/t16-/m1/s1. The Hall–Kier alpha value is -4.21. The molecule has 10 nitrogen and oxygen atoms in total. The topological polar surface area (TPSA) is 111 Å². The van der Waals surface area contributed by atoms with Gasteiger partial charge >= 0.3 is 0 Å². The molecule has 33 heavy (non-hydrogen) atoms. The number of hydrogen-bond donors (Lipinski definition) is 0. The minimum Gasteiger partial charge on any atom is -0.497 e. The van der Waals surface area contributed by atoms with Crippen molar-refractivity contribution >= 4 is 17.4 Å². The van der Waals surface area contributed by atoms with Crippen LogP contribution in [0.4, 0.5) is 11.5 Å². The Kier molecular flexibility index (Phi) is 6.34. The molecule has 0 bridgehead atoms. The third-order valence-electron chi connectivity index (χ3n) is 5.41. The maximum atomic E-state index is 13.0. The van der Waals surface area contributed by atoms with Gasteiger partial charge in [-0.05, 0) is 25.1 Å². The molecule has 10 heteroatoms. The molecule has 0 saturated carbocycles. The predicted molar refractivity (Wildman–Crippen MR) is 121 cm³/mol. The van der Waals surface area contributed by atoms with Crippen molar-refractivity contribution < 1.29 is 19.2 Å². The van der Waals surface area contributed by atoms with Crippen LogP contribution < -0.4 is 14.4 Å². The zero-order valence-electron chi connectivity index (χ0n) is 18.2. The van der Waals surface area contributed by atoms with Crippen LogP contribution in [-0.4, -0.2) is 58.5 Å². The van der Waals surface area contributed by atoms with Gasteiger partial charge in [0.15, 0.2) is 0 Å².